The molecule has 0 saturated carbocycles. The Morgan fingerprint density at radius 1 is 1.40 bits per heavy atom. The van der Waals surface area contributed by atoms with Crippen LogP contribution in [-0.2, 0) is 4.79 Å². The maximum Gasteiger partial charge on any atom is 0.257 e. The fraction of sp³-hybridized carbons (Fsp3) is 0.400. The van der Waals surface area contributed by atoms with Crippen LogP contribution in [0, 0.1) is 0 Å². The van der Waals surface area contributed by atoms with Gasteiger partial charge in [-0.3, -0.25) is 9.89 Å². The zero-order chi connectivity index (χ0) is 17.2. The van der Waals surface area contributed by atoms with E-state index in [4.69, 9.17) is 0 Å². The number of thiophene rings is 1. The molecule has 4 heterocycles. The summed E-state index contributed by atoms with van der Waals surface area (Å²) < 4.78 is 1.23. The van der Waals surface area contributed by atoms with Gasteiger partial charge in [-0.25, -0.2) is 9.67 Å². The third-order valence-corrected chi connectivity index (χ3v) is 6.28. The Kier molecular flexibility index (Phi) is 4.79. The second-order valence-electron chi connectivity index (χ2n) is 5.84. The minimum atomic E-state index is -0.354. The van der Waals surface area contributed by atoms with Crippen molar-refractivity contribution in [2.24, 2.45) is 0 Å². The van der Waals surface area contributed by atoms with Crippen molar-refractivity contribution in [3.63, 3.8) is 0 Å². The zero-order valence-electron chi connectivity index (χ0n) is 13.2. The molecule has 1 unspecified atom stereocenters. The molecule has 10 heteroatoms. The Bertz CT molecular complexity index is 824. The highest BCUT2D eigenvalue weighted by molar-refractivity contribution is 14.1. The quantitative estimate of drug-likeness (QED) is 0.468. The van der Waals surface area contributed by atoms with Crippen LogP contribution >= 0.6 is 33.9 Å². The monoisotopic (exact) mass is 469 g/mol. The van der Waals surface area contributed by atoms with Crippen molar-refractivity contribution in [1.82, 2.24) is 35.1 Å². The fourth-order valence-electron chi connectivity index (χ4n) is 2.95. The number of aromatic nitrogens is 6. The van der Waals surface area contributed by atoms with Crippen LogP contribution in [0.4, 0.5) is 0 Å². The Morgan fingerprint density at radius 3 is 2.92 bits per heavy atom. The van der Waals surface area contributed by atoms with Gasteiger partial charge in [0, 0.05) is 25.2 Å². The number of carbonyl (C=O) groups excluding carboxylic acids is 1. The van der Waals surface area contributed by atoms with E-state index in [1.165, 1.54) is 0 Å². The molecule has 0 aromatic carbocycles. The van der Waals surface area contributed by atoms with Crippen LogP contribution in [0.15, 0.2) is 29.9 Å². The molecule has 1 aliphatic rings. The summed E-state index contributed by atoms with van der Waals surface area (Å²) in [7, 11) is 0. The molecule has 8 nitrogen and oxygen atoms in total. The van der Waals surface area contributed by atoms with Gasteiger partial charge in [0.25, 0.3) is 5.91 Å². The molecular weight excluding hydrogens is 453 g/mol. The molecule has 25 heavy (non-hydrogen) atoms. The molecule has 1 atom stereocenters. The van der Waals surface area contributed by atoms with Crippen molar-refractivity contribution in [1.29, 1.82) is 0 Å². The summed E-state index contributed by atoms with van der Waals surface area (Å²) in [6, 6.07) is 4.01. The first-order chi connectivity index (χ1) is 12.2. The highest BCUT2D eigenvalue weighted by Gasteiger charge is 2.30. The molecule has 0 radical (unpaired) electrons. The van der Waals surface area contributed by atoms with Gasteiger partial charge in [-0.2, -0.15) is 5.10 Å². The van der Waals surface area contributed by atoms with E-state index in [1.807, 2.05) is 22.4 Å². The predicted octanol–water partition coefficient (Wildman–Crippen LogP) is 2.46. The van der Waals surface area contributed by atoms with Gasteiger partial charge in [0.05, 0.1) is 11.1 Å². The van der Waals surface area contributed by atoms with Crippen LogP contribution in [0.3, 0.4) is 0 Å². The molecule has 1 amide bonds. The van der Waals surface area contributed by atoms with Gasteiger partial charge in [-0.05, 0) is 46.9 Å². The molecule has 1 saturated heterocycles. The Hall–Kier alpha value is -1.82. The SMILES string of the molecule is O=C(C(I)n1ccnn1)N1CCC(c2nc(-c3cccs3)n[nH]2)CC1. The number of piperidine rings is 1. The first-order valence-corrected chi connectivity index (χ1v) is 10.1. The summed E-state index contributed by atoms with van der Waals surface area (Å²) in [6.07, 6.45) is 5.06. The number of nitrogens with zero attached hydrogens (tertiary/aromatic N) is 6. The molecular formula is C15H16IN7OS. The van der Waals surface area contributed by atoms with Crippen molar-refractivity contribution >= 4 is 39.8 Å². The van der Waals surface area contributed by atoms with E-state index in [-0.39, 0.29) is 9.96 Å². The predicted molar refractivity (Wildman–Crippen MR) is 101 cm³/mol. The van der Waals surface area contributed by atoms with E-state index in [1.54, 1.807) is 28.4 Å². The summed E-state index contributed by atoms with van der Waals surface area (Å²) in [6.45, 7) is 1.43. The van der Waals surface area contributed by atoms with Crippen molar-refractivity contribution in [3.05, 3.63) is 35.7 Å². The van der Waals surface area contributed by atoms with Crippen LogP contribution in [0.5, 0.6) is 0 Å². The highest BCUT2D eigenvalue weighted by atomic mass is 127. The lowest BCUT2D eigenvalue weighted by atomic mass is 9.96. The van der Waals surface area contributed by atoms with Gasteiger partial charge >= 0.3 is 0 Å². The fourth-order valence-corrected chi connectivity index (χ4v) is 4.30. The Morgan fingerprint density at radius 2 is 2.24 bits per heavy atom. The third kappa shape index (κ3) is 3.45. The molecule has 1 N–H and O–H groups in total. The maximum atomic E-state index is 12.6. The zero-order valence-corrected chi connectivity index (χ0v) is 16.2. The second-order valence-corrected chi connectivity index (χ2v) is 7.97. The Labute approximate surface area is 161 Å². The molecule has 1 aliphatic heterocycles. The normalized spacial score (nSPS) is 16.9. The van der Waals surface area contributed by atoms with Crippen LogP contribution in [0.1, 0.15) is 28.6 Å². The van der Waals surface area contributed by atoms with Crippen molar-refractivity contribution in [3.8, 4) is 10.7 Å². The number of carbonyl (C=O) groups is 1. The van der Waals surface area contributed by atoms with Gasteiger partial charge in [0.2, 0.25) is 0 Å². The van der Waals surface area contributed by atoms with Crippen molar-refractivity contribution < 1.29 is 4.79 Å². The lowest BCUT2D eigenvalue weighted by molar-refractivity contribution is -0.133. The number of alkyl halides is 1. The summed E-state index contributed by atoms with van der Waals surface area (Å²) >= 11 is 3.73. The maximum absolute atomic E-state index is 12.6. The molecule has 4 rings (SSSR count). The summed E-state index contributed by atoms with van der Waals surface area (Å²) in [4.78, 5) is 20.2. The van der Waals surface area contributed by atoms with Crippen LogP contribution in [0.2, 0.25) is 0 Å². The Balaban J connectivity index is 1.38. The number of hydrogen-bond acceptors (Lipinski definition) is 6. The minimum absolute atomic E-state index is 0.0707. The van der Waals surface area contributed by atoms with Gasteiger partial charge in [-0.15, -0.1) is 16.4 Å². The minimum Gasteiger partial charge on any atom is -0.340 e. The molecule has 3 aromatic heterocycles. The van der Waals surface area contributed by atoms with E-state index in [0.29, 0.717) is 19.0 Å². The lowest BCUT2D eigenvalue weighted by Crippen LogP contribution is -2.40. The lowest BCUT2D eigenvalue weighted by Gasteiger charge is -2.32. The van der Waals surface area contributed by atoms with E-state index < -0.39 is 0 Å². The number of rotatable bonds is 4. The van der Waals surface area contributed by atoms with Crippen molar-refractivity contribution in [2.45, 2.75) is 22.8 Å². The molecule has 0 bridgehead atoms. The van der Waals surface area contributed by atoms with E-state index in [9.17, 15) is 4.79 Å². The molecule has 1 fully saturated rings. The van der Waals surface area contributed by atoms with Gasteiger partial charge in [0.15, 0.2) is 9.87 Å². The first kappa shape index (κ1) is 16.6. The number of nitrogens with one attached hydrogen (secondary N) is 1. The number of H-pyrrole nitrogens is 1. The van der Waals surface area contributed by atoms with Crippen LogP contribution in [-0.4, -0.2) is 54.1 Å². The van der Waals surface area contributed by atoms with Gasteiger partial charge < -0.3 is 4.90 Å². The molecule has 0 aliphatic carbocycles. The van der Waals surface area contributed by atoms with Crippen LogP contribution < -0.4 is 0 Å². The molecule has 3 aromatic rings. The number of hydrogen-bond donors (Lipinski definition) is 1. The highest BCUT2D eigenvalue weighted by Crippen LogP contribution is 2.29. The smallest absolute Gasteiger partial charge is 0.257 e. The number of likely N-dealkylation sites (tertiary alicyclic amines) is 1. The standard InChI is InChI=1S/C15H16IN7OS/c16-12(23-8-5-17-21-23)15(24)22-6-3-10(4-7-22)13-18-14(20-19-13)11-2-1-9-25-11/h1-2,5,8-10,12H,3-4,6-7H2,(H,18,19,20). The second kappa shape index (κ2) is 7.20. The number of amides is 1. The number of aromatic amines is 1. The van der Waals surface area contributed by atoms with E-state index in [0.717, 1.165) is 29.4 Å². The largest absolute Gasteiger partial charge is 0.340 e. The molecule has 130 valence electrons. The van der Waals surface area contributed by atoms with Gasteiger partial charge in [-0.1, -0.05) is 11.3 Å². The molecule has 0 spiro atoms. The first-order valence-electron chi connectivity index (χ1n) is 7.97. The topological polar surface area (TPSA) is 92.6 Å². The number of halogens is 1. The third-order valence-electron chi connectivity index (χ3n) is 4.31. The summed E-state index contributed by atoms with van der Waals surface area (Å²) in [5.41, 5.74) is 0. The summed E-state index contributed by atoms with van der Waals surface area (Å²) in [5, 5.41) is 17.1. The average molecular weight is 469 g/mol. The van der Waals surface area contributed by atoms with Gasteiger partial charge in [0.1, 0.15) is 5.82 Å². The van der Waals surface area contributed by atoms with Crippen molar-refractivity contribution in [2.75, 3.05) is 13.1 Å². The van der Waals surface area contributed by atoms with E-state index >= 15 is 0 Å². The average Bonchev–Trinajstić information content (AvgIpc) is 3.42. The summed E-state index contributed by atoms with van der Waals surface area (Å²) in [5.74, 6) is 2.05. The van der Waals surface area contributed by atoms with E-state index in [2.05, 4.69) is 48.1 Å². The van der Waals surface area contributed by atoms with Crippen LogP contribution in [0.25, 0.3) is 10.7 Å².